The maximum Gasteiger partial charge on any atom is 0.335 e. The molecule has 32 heavy (non-hydrogen) atoms. The van der Waals surface area contributed by atoms with E-state index in [-0.39, 0.29) is 5.56 Å². The topological polar surface area (TPSA) is 77.8 Å². The number of rotatable bonds is 7. The van der Waals surface area contributed by atoms with Crippen LogP contribution in [0.15, 0.2) is 66.7 Å². The van der Waals surface area contributed by atoms with Crippen molar-refractivity contribution >= 4 is 60.9 Å². The molecule has 0 aliphatic rings. The molecule has 0 amide bonds. The summed E-state index contributed by atoms with van der Waals surface area (Å²) in [6.45, 7) is 1.93. The highest BCUT2D eigenvalue weighted by Gasteiger charge is 2.23. The van der Waals surface area contributed by atoms with Gasteiger partial charge in [-0.3, -0.25) is 4.55 Å². The van der Waals surface area contributed by atoms with Gasteiger partial charge in [0.25, 0.3) is 11.3 Å². The minimum absolute atomic E-state index is 0.247. The van der Waals surface area contributed by atoms with Crippen LogP contribution < -0.4 is 4.31 Å². The van der Waals surface area contributed by atoms with Crippen molar-refractivity contribution in [1.82, 2.24) is 0 Å². The molecule has 0 spiro atoms. The highest BCUT2D eigenvalue weighted by Crippen LogP contribution is 2.43. The molecule has 0 saturated carbocycles. The Balaban J connectivity index is 1.68. The Labute approximate surface area is 197 Å². The molecule has 0 radical (unpaired) electrons. The van der Waals surface area contributed by atoms with Crippen molar-refractivity contribution in [3.05, 3.63) is 94.0 Å². The summed E-state index contributed by atoms with van der Waals surface area (Å²) < 4.78 is 25.2. The fourth-order valence-corrected chi connectivity index (χ4v) is 5.86. The van der Waals surface area contributed by atoms with Gasteiger partial charge in [-0.1, -0.05) is 41.9 Å². The van der Waals surface area contributed by atoms with E-state index < -0.39 is 17.2 Å². The van der Waals surface area contributed by atoms with E-state index in [1.54, 1.807) is 24.3 Å². The molecule has 1 heterocycles. The largest absolute Gasteiger partial charge is 0.478 e. The highest BCUT2D eigenvalue weighted by molar-refractivity contribution is 7.81. The SMILES string of the molecule is Cc1c(N(c2ccccc2CCc2ccc(C(=O)O)cc2)S(=O)O)sc2ccc(Cl)cc12. The highest BCUT2D eigenvalue weighted by atomic mass is 35.5. The van der Waals surface area contributed by atoms with Crippen LogP contribution in [0.5, 0.6) is 0 Å². The Morgan fingerprint density at radius 1 is 1.06 bits per heavy atom. The second kappa shape index (κ2) is 9.42. The number of carboxylic acid groups (broad SMARTS) is 1. The quantitative estimate of drug-likeness (QED) is 0.288. The molecule has 0 aliphatic heterocycles. The maximum atomic E-state index is 12.5. The Hall–Kier alpha value is -2.71. The average molecular weight is 486 g/mol. The van der Waals surface area contributed by atoms with Crippen LogP contribution in [0.2, 0.25) is 5.02 Å². The van der Waals surface area contributed by atoms with Gasteiger partial charge in [-0.15, -0.1) is 11.3 Å². The molecule has 0 fully saturated rings. The third kappa shape index (κ3) is 4.56. The number of aromatic carboxylic acids is 1. The van der Waals surface area contributed by atoms with E-state index in [1.165, 1.54) is 15.6 Å². The molecule has 2 N–H and O–H groups in total. The lowest BCUT2D eigenvalue weighted by Gasteiger charge is -2.22. The number of aryl methyl sites for hydroxylation is 3. The molecule has 0 aliphatic carbocycles. The molecule has 164 valence electrons. The van der Waals surface area contributed by atoms with Gasteiger partial charge < -0.3 is 5.11 Å². The van der Waals surface area contributed by atoms with E-state index in [2.05, 4.69) is 0 Å². The first kappa shape index (κ1) is 22.5. The number of hydrogen-bond donors (Lipinski definition) is 2. The van der Waals surface area contributed by atoms with Crippen LogP contribution in [0.3, 0.4) is 0 Å². The molecule has 5 nitrogen and oxygen atoms in total. The molecule has 1 unspecified atom stereocenters. The smallest absolute Gasteiger partial charge is 0.335 e. The second-order valence-electron chi connectivity index (χ2n) is 7.33. The van der Waals surface area contributed by atoms with Crippen molar-refractivity contribution < 1.29 is 18.7 Å². The third-order valence-corrected chi connectivity index (χ3v) is 7.61. The Morgan fingerprint density at radius 3 is 2.47 bits per heavy atom. The van der Waals surface area contributed by atoms with Gasteiger partial charge in [-0.25, -0.2) is 13.3 Å². The Bertz CT molecular complexity index is 1320. The summed E-state index contributed by atoms with van der Waals surface area (Å²) in [6.07, 6.45) is 1.30. The normalized spacial score (nSPS) is 12.1. The van der Waals surface area contributed by atoms with Crippen LogP contribution in [0, 0.1) is 6.92 Å². The van der Waals surface area contributed by atoms with Crippen molar-refractivity contribution in [3.63, 3.8) is 0 Å². The summed E-state index contributed by atoms with van der Waals surface area (Å²) in [5, 5.41) is 11.3. The number of thiophene rings is 1. The fraction of sp³-hybridized carbons (Fsp3) is 0.125. The number of para-hydroxylation sites is 1. The Kier molecular flexibility index (Phi) is 6.62. The van der Waals surface area contributed by atoms with Gasteiger partial charge in [0.15, 0.2) is 0 Å². The van der Waals surface area contributed by atoms with Crippen molar-refractivity contribution in [1.29, 1.82) is 0 Å². The molecule has 1 aromatic heterocycles. The van der Waals surface area contributed by atoms with Gasteiger partial charge >= 0.3 is 5.97 Å². The van der Waals surface area contributed by atoms with Crippen LogP contribution >= 0.6 is 22.9 Å². The monoisotopic (exact) mass is 485 g/mol. The summed E-state index contributed by atoms with van der Waals surface area (Å²) in [6, 6.07) is 19.9. The zero-order valence-electron chi connectivity index (χ0n) is 17.1. The van der Waals surface area contributed by atoms with Gasteiger partial charge in [0.05, 0.1) is 11.3 Å². The molecule has 8 heteroatoms. The molecule has 4 rings (SSSR count). The molecular formula is C24H20ClNO4S2. The zero-order chi connectivity index (χ0) is 22.8. The number of halogens is 1. The summed E-state index contributed by atoms with van der Waals surface area (Å²) in [5.74, 6) is -0.956. The predicted molar refractivity (Wildman–Crippen MR) is 132 cm³/mol. The van der Waals surface area contributed by atoms with Crippen molar-refractivity contribution in [2.45, 2.75) is 19.8 Å². The maximum absolute atomic E-state index is 12.5. The number of nitrogens with zero attached hydrogens (tertiary/aromatic N) is 1. The van der Waals surface area contributed by atoms with Gasteiger partial charge in [0.2, 0.25) is 0 Å². The first-order chi connectivity index (χ1) is 15.3. The zero-order valence-corrected chi connectivity index (χ0v) is 19.5. The first-order valence-electron chi connectivity index (χ1n) is 9.85. The van der Waals surface area contributed by atoms with E-state index in [0.29, 0.717) is 28.6 Å². The van der Waals surface area contributed by atoms with E-state index in [0.717, 1.165) is 26.8 Å². The van der Waals surface area contributed by atoms with E-state index in [4.69, 9.17) is 16.7 Å². The standard InChI is InChI=1S/C24H20ClNO4S2/c1-15-20-14-19(25)12-13-22(20)31-23(15)26(32(29)30)21-5-3-2-4-17(21)9-6-16-7-10-18(11-8-16)24(27)28/h2-5,7-8,10-14H,6,9H2,1H3,(H,27,28)(H,29,30). The number of benzene rings is 3. The minimum Gasteiger partial charge on any atom is -0.478 e. The van der Waals surface area contributed by atoms with E-state index >= 15 is 0 Å². The van der Waals surface area contributed by atoms with Crippen LogP contribution in [-0.4, -0.2) is 19.8 Å². The fourth-order valence-electron chi connectivity index (χ4n) is 3.65. The number of hydrogen-bond acceptors (Lipinski definition) is 3. The molecule has 0 saturated heterocycles. The van der Waals surface area contributed by atoms with E-state index in [9.17, 15) is 13.6 Å². The predicted octanol–water partition coefficient (Wildman–Crippen LogP) is 6.62. The lowest BCUT2D eigenvalue weighted by Crippen LogP contribution is -2.20. The summed E-state index contributed by atoms with van der Waals surface area (Å²) in [5.41, 5.74) is 3.72. The lowest BCUT2D eigenvalue weighted by molar-refractivity contribution is 0.0697. The number of fused-ring (bicyclic) bond motifs is 1. The second-order valence-corrected chi connectivity index (χ2v) is 9.62. The summed E-state index contributed by atoms with van der Waals surface area (Å²) in [7, 11) is 0. The first-order valence-corrected chi connectivity index (χ1v) is 12.1. The molecule has 4 aromatic rings. The summed E-state index contributed by atoms with van der Waals surface area (Å²) >= 11 is 5.34. The van der Waals surface area contributed by atoms with Crippen molar-refractivity contribution in [2.24, 2.45) is 0 Å². The van der Waals surface area contributed by atoms with Gasteiger partial charge in [0.1, 0.15) is 5.00 Å². The van der Waals surface area contributed by atoms with Crippen molar-refractivity contribution in [2.75, 3.05) is 4.31 Å². The van der Waals surface area contributed by atoms with Crippen molar-refractivity contribution in [3.8, 4) is 0 Å². The number of carbonyl (C=O) groups is 1. The Morgan fingerprint density at radius 2 is 1.78 bits per heavy atom. The lowest BCUT2D eigenvalue weighted by atomic mass is 10.0. The number of carboxylic acids is 1. The van der Waals surface area contributed by atoms with Crippen LogP contribution in [0.25, 0.3) is 10.1 Å². The minimum atomic E-state index is -2.27. The molecule has 0 bridgehead atoms. The molecular weight excluding hydrogens is 466 g/mol. The van der Waals surface area contributed by atoms with Gasteiger partial charge in [0, 0.05) is 9.72 Å². The van der Waals surface area contributed by atoms with Crippen LogP contribution in [0.4, 0.5) is 10.7 Å². The summed E-state index contributed by atoms with van der Waals surface area (Å²) in [4.78, 5) is 11.1. The molecule has 3 aromatic carbocycles. The van der Waals surface area contributed by atoms with Gasteiger partial charge in [-0.05, 0) is 78.2 Å². The number of anilines is 2. The van der Waals surface area contributed by atoms with Crippen LogP contribution in [0.1, 0.15) is 27.0 Å². The van der Waals surface area contributed by atoms with Crippen LogP contribution in [-0.2, 0) is 24.1 Å². The molecule has 1 atom stereocenters. The van der Waals surface area contributed by atoms with Gasteiger partial charge in [-0.2, -0.15) is 0 Å². The third-order valence-electron chi connectivity index (χ3n) is 5.31. The average Bonchev–Trinajstić information content (AvgIpc) is 3.09. The van der Waals surface area contributed by atoms with E-state index in [1.807, 2.05) is 49.4 Å².